The second-order valence-electron chi connectivity index (χ2n) is 8.62. The lowest BCUT2D eigenvalue weighted by atomic mass is 10.1. The van der Waals surface area contributed by atoms with Gasteiger partial charge in [0.25, 0.3) is 5.56 Å². The standard InChI is InChI=1S/C26H32N4O4/c1-4-19-10-9-11-20(16-19)28-24(32)17-30-22-13-6-5-12-21(22)25(33)29(26(30)34)15-8-7-14-23(31)27-18(2)3/h5-6,9-13,16,18H,4,7-8,14-15,17H2,1-3H3,(H,27,31)(H,28,32). The van der Waals surface area contributed by atoms with Crippen LogP contribution in [-0.2, 0) is 29.1 Å². The summed E-state index contributed by atoms with van der Waals surface area (Å²) in [5.41, 5.74) is 1.25. The molecule has 0 atom stereocenters. The number of rotatable bonds is 10. The topological polar surface area (TPSA) is 102 Å². The van der Waals surface area contributed by atoms with Gasteiger partial charge in [0.1, 0.15) is 6.54 Å². The van der Waals surface area contributed by atoms with Crippen LogP contribution in [0, 0.1) is 0 Å². The fourth-order valence-corrected chi connectivity index (χ4v) is 3.88. The number of carbonyl (C=O) groups excluding carboxylic acids is 2. The highest BCUT2D eigenvalue weighted by molar-refractivity contribution is 5.91. The lowest BCUT2D eigenvalue weighted by Crippen LogP contribution is -2.41. The van der Waals surface area contributed by atoms with Gasteiger partial charge in [-0.05, 0) is 62.9 Å². The third kappa shape index (κ3) is 6.21. The monoisotopic (exact) mass is 464 g/mol. The lowest BCUT2D eigenvalue weighted by Gasteiger charge is -2.14. The Labute approximate surface area is 198 Å². The van der Waals surface area contributed by atoms with Crippen molar-refractivity contribution in [1.29, 1.82) is 0 Å². The van der Waals surface area contributed by atoms with E-state index in [9.17, 15) is 19.2 Å². The molecule has 180 valence electrons. The average Bonchev–Trinajstić information content (AvgIpc) is 2.81. The molecule has 0 fully saturated rings. The Kier molecular flexibility index (Phi) is 8.40. The van der Waals surface area contributed by atoms with Gasteiger partial charge in [-0.3, -0.25) is 23.5 Å². The SMILES string of the molecule is CCc1cccc(NC(=O)Cn2c(=O)n(CCCCC(=O)NC(C)C)c(=O)c3ccccc32)c1. The van der Waals surface area contributed by atoms with Crippen molar-refractivity contribution in [3.63, 3.8) is 0 Å². The second-order valence-corrected chi connectivity index (χ2v) is 8.62. The highest BCUT2D eigenvalue weighted by Gasteiger charge is 2.15. The number of hydrogen-bond donors (Lipinski definition) is 2. The number of fused-ring (bicyclic) bond motifs is 1. The van der Waals surface area contributed by atoms with Gasteiger partial charge < -0.3 is 10.6 Å². The predicted octanol–water partition coefficient (Wildman–Crippen LogP) is 3.06. The summed E-state index contributed by atoms with van der Waals surface area (Å²) in [6.07, 6.45) is 2.21. The minimum atomic E-state index is -0.534. The van der Waals surface area contributed by atoms with Crippen LogP contribution in [0.5, 0.6) is 0 Å². The number of carbonyl (C=O) groups is 2. The van der Waals surface area contributed by atoms with Gasteiger partial charge in [0.05, 0.1) is 10.9 Å². The van der Waals surface area contributed by atoms with E-state index in [0.29, 0.717) is 35.9 Å². The Bertz CT molecular complexity index is 1290. The summed E-state index contributed by atoms with van der Waals surface area (Å²) in [6.45, 7) is 5.79. The van der Waals surface area contributed by atoms with E-state index < -0.39 is 5.69 Å². The van der Waals surface area contributed by atoms with Gasteiger partial charge in [0.15, 0.2) is 0 Å². The van der Waals surface area contributed by atoms with Gasteiger partial charge in [-0.25, -0.2) is 4.79 Å². The van der Waals surface area contributed by atoms with Crippen molar-refractivity contribution in [3.05, 3.63) is 74.9 Å². The molecule has 1 heterocycles. The number of nitrogens with zero attached hydrogens (tertiary/aromatic N) is 2. The van der Waals surface area contributed by atoms with Crippen LogP contribution in [0.4, 0.5) is 5.69 Å². The van der Waals surface area contributed by atoms with Crippen molar-refractivity contribution in [2.45, 2.75) is 65.6 Å². The first kappa shape index (κ1) is 25.0. The summed E-state index contributed by atoms with van der Waals surface area (Å²) in [5.74, 6) is -0.404. The summed E-state index contributed by atoms with van der Waals surface area (Å²) in [6, 6.07) is 14.4. The zero-order valence-corrected chi connectivity index (χ0v) is 20.0. The molecule has 3 rings (SSSR count). The third-order valence-corrected chi connectivity index (χ3v) is 5.54. The largest absolute Gasteiger partial charge is 0.354 e. The lowest BCUT2D eigenvalue weighted by molar-refractivity contribution is -0.121. The van der Waals surface area contributed by atoms with E-state index in [1.54, 1.807) is 30.3 Å². The number of para-hydroxylation sites is 1. The summed E-state index contributed by atoms with van der Waals surface area (Å²) in [7, 11) is 0. The van der Waals surface area contributed by atoms with Crippen molar-refractivity contribution in [1.82, 2.24) is 14.5 Å². The summed E-state index contributed by atoms with van der Waals surface area (Å²) < 4.78 is 2.49. The van der Waals surface area contributed by atoms with Crippen LogP contribution in [0.25, 0.3) is 10.9 Å². The number of aryl methyl sites for hydroxylation is 1. The highest BCUT2D eigenvalue weighted by atomic mass is 16.2. The van der Waals surface area contributed by atoms with Gasteiger partial charge in [-0.15, -0.1) is 0 Å². The van der Waals surface area contributed by atoms with Crippen LogP contribution in [0.1, 0.15) is 45.6 Å². The quantitative estimate of drug-likeness (QED) is 0.450. The molecule has 3 aromatic rings. The molecular formula is C26H32N4O4. The van der Waals surface area contributed by atoms with Gasteiger partial charge in [-0.1, -0.05) is 31.2 Å². The molecule has 0 aliphatic carbocycles. The van der Waals surface area contributed by atoms with Crippen LogP contribution in [0.2, 0.25) is 0 Å². The van der Waals surface area contributed by atoms with Crippen molar-refractivity contribution in [2.24, 2.45) is 0 Å². The van der Waals surface area contributed by atoms with Crippen LogP contribution in [0.3, 0.4) is 0 Å². The fraction of sp³-hybridized carbons (Fsp3) is 0.385. The second kappa shape index (κ2) is 11.4. The molecule has 0 aliphatic rings. The van der Waals surface area contributed by atoms with E-state index in [1.807, 2.05) is 39.0 Å². The van der Waals surface area contributed by atoms with Gasteiger partial charge >= 0.3 is 5.69 Å². The third-order valence-electron chi connectivity index (χ3n) is 5.54. The average molecular weight is 465 g/mol. The molecule has 2 N–H and O–H groups in total. The normalized spacial score (nSPS) is 11.1. The first-order valence-corrected chi connectivity index (χ1v) is 11.7. The zero-order chi connectivity index (χ0) is 24.7. The summed E-state index contributed by atoms with van der Waals surface area (Å²) >= 11 is 0. The zero-order valence-electron chi connectivity index (χ0n) is 20.0. The minimum absolute atomic E-state index is 0.0536. The van der Waals surface area contributed by atoms with E-state index in [0.717, 1.165) is 16.6 Å². The van der Waals surface area contributed by atoms with Crippen LogP contribution >= 0.6 is 0 Å². The molecule has 0 saturated heterocycles. The molecule has 2 aromatic carbocycles. The highest BCUT2D eigenvalue weighted by Crippen LogP contribution is 2.12. The molecule has 8 heteroatoms. The molecule has 0 unspecified atom stereocenters. The number of hydrogen-bond acceptors (Lipinski definition) is 4. The number of aromatic nitrogens is 2. The van der Waals surface area contributed by atoms with Crippen molar-refractivity contribution >= 4 is 28.4 Å². The first-order valence-electron chi connectivity index (χ1n) is 11.7. The van der Waals surface area contributed by atoms with E-state index in [2.05, 4.69) is 10.6 Å². The molecule has 0 bridgehead atoms. The molecule has 0 aliphatic heterocycles. The van der Waals surface area contributed by atoms with Gasteiger partial charge in [0, 0.05) is 24.7 Å². The van der Waals surface area contributed by atoms with E-state index in [4.69, 9.17) is 0 Å². The van der Waals surface area contributed by atoms with Crippen LogP contribution in [-0.4, -0.2) is 27.0 Å². The van der Waals surface area contributed by atoms with Crippen LogP contribution in [0.15, 0.2) is 58.1 Å². The Balaban J connectivity index is 1.82. The molecule has 34 heavy (non-hydrogen) atoms. The number of anilines is 1. The molecule has 0 spiro atoms. The van der Waals surface area contributed by atoms with Crippen molar-refractivity contribution < 1.29 is 9.59 Å². The molecule has 0 radical (unpaired) electrons. The number of amides is 2. The van der Waals surface area contributed by atoms with Crippen LogP contribution < -0.4 is 21.9 Å². The van der Waals surface area contributed by atoms with Gasteiger partial charge in [0.2, 0.25) is 11.8 Å². The summed E-state index contributed by atoms with van der Waals surface area (Å²) in [5, 5.41) is 6.04. The molecule has 8 nitrogen and oxygen atoms in total. The first-order chi connectivity index (χ1) is 16.3. The number of nitrogens with one attached hydrogen (secondary N) is 2. The molecule has 0 saturated carbocycles. The fourth-order valence-electron chi connectivity index (χ4n) is 3.88. The van der Waals surface area contributed by atoms with E-state index in [-0.39, 0.29) is 36.5 Å². The van der Waals surface area contributed by atoms with Crippen molar-refractivity contribution in [3.8, 4) is 0 Å². The predicted molar refractivity (Wildman–Crippen MR) is 134 cm³/mol. The van der Waals surface area contributed by atoms with Crippen molar-refractivity contribution in [2.75, 3.05) is 5.32 Å². The Hall–Kier alpha value is -3.68. The smallest absolute Gasteiger partial charge is 0.331 e. The van der Waals surface area contributed by atoms with E-state index >= 15 is 0 Å². The maximum atomic E-state index is 13.2. The van der Waals surface area contributed by atoms with Gasteiger partial charge in [-0.2, -0.15) is 0 Å². The Morgan fingerprint density at radius 2 is 1.71 bits per heavy atom. The maximum absolute atomic E-state index is 13.2. The molecule has 2 amide bonds. The maximum Gasteiger partial charge on any atom is 0.331 e. The summed E-state index contributed by atoms with van der Waals surface area (Å²) in [4.78, 5) is 50.9. The minimum Gasteiger partial charge on any atom is -0.354 e. The Morgan fingerprint density at radius 3 is 2.44 bits per heavy atom. The molecular weight excluding hydrogens is 432 g/mol. The number of unbranched alkanes of at least 4 members (excludes halogenated alkanes) is 1. The van der Waals surface area contributed by atoms with E-state index in [1.165, 1.54) is 4.57 Å². The number of benzene rings is 2. The molecule has 1 aromatic heterocycles. The Morgan fingerprint density at radius 1 is 0.941 bits per heavy atom.